The predicted molar refractivity (Wildman–Crippen MR) is 109 cm³/mol. The Morgan fingerprint density at radius 1 is 1.06 bits per heavy atom. The summed E-state index contributed by atoms with van der Waals surface area (Å²) in [6.45, 7) is 0. The summed E-state index contributed by atoms with van der Waals surface area (Å²) in [4.78, 5) is 12.5. The Kier molecular flexibility index (Phi) is 5.77. The average molecular weight is 489 g/mol. The van der Waals surface area contributed by atoms with Gasteiger partial charge in [-0.3, -0.25) is 4.79 Å². The summed E-state index contributed by atoms with van der Waals surface area (Å²) < 4.78 is 80.6. The van der Waals surface area contributed by atoms with Gasteiger partial charge in [0.15, 0.2) is 11.7 Å². The minimum atomic E-state index is -4.65. The maximum atomic E-state index is 13.8. The van der Waals surface area contributed by atoms with Crippen LogP contribution in [0.15, 0.2) is 54.6 Å². The Bertz CT molecular complexity index is 1170. The molecule has 1 amide bonds. The topological polar surface area (TPSA) is 59.0 Å². The lowest BCUT2D eigenvalue weighted by atomic mass is 9.97. The highest BCUT2D eigenvalue weighted by Crippen LogP contribution is 2.43. The van der Waals surface area contributed by atoms with Gasteiger partial charge in [-0.25, -0.2) is 4.68 Å². The SMILES string of the molecule is O=C(Nc1cccc(C(F)(F)F)c1)c1cc2n(n1)[C@@H](C(F)(F)F)C[C@@H](c1ccc(Cl)cc1)N2. The lowest BCUT2D eigenvalue weighted by molar-refractivity contribution is -0.173. The van der Waals surface area contributed by atoms with Gasteiger partial charge in [0.25, 0.3) is 5.91 Å². The Morgan fingerprint density at radius 2 is 1.76 bits per heavy atom. The molecule has 0 spiro atoms. The number of hydrogen-bond donors (Lipinski definition) is 2. The van der Waals surface area contributed by atoms with Crippen molar-refractivity contribution >= 4 is 29.0 Å². The number of amides is 1. The van der Waals surface area contributed by atoms with Crippen LogP contribution in [0.25, 0.3) is 0 Å². The Morgan fingerprint density at radius 3 is 2.39 bits per heavy atom. The molecule has 0 radical (unpaired) electrons. The molecule has 12 heteroatoms. The molecule has 0 saturated heterocycles. The number of aromatic nitrogens is 2. The standard InChI is InChI=1S/C21H15ClF6N4O/c22-13-6-4-11(5-7-13)15-9-17(21(26,27)28)32-18(30-15)10-16(31-32)19(33)29-14-3-1-2-12(8-14)20(23,24)25/h1-8,10,15,17,30H,9H2,(H,29,33)/t15-,17+/m0/s1. The van der Waals surface area contributed by atoms with Crippen LogP contribution in [-0.2, 0) is 6.18 Å². The number of hydrogen-bond acceptors (Lipinski definition) is 3. The highest BCUT2D eigenvalue weighted by Gasteiger charge is 2.46. The van der Waals surface area contributed by atoms with Crippen molar-refractivity contribution in [1.29, 1.82) is 0 Å². The molecular formula is C21H15ClF6N4O. The van der Waals surface area contributed by atoms with E-state index in [0.717, 1.165) is 24.3 Å². The van der Waals surface area contributed by atoms with Crippen molar-refractivity contribution in [2.75, 3.05) is 10.6 Å². The lowest BCUT2D eigenvalue weighted by Gasteiger charge is -2.33. The fraction of sp³-hybridized carbons (Fsp3) is 0.238. The van der Waals surface area contributed by atoms with Crippen LogP contribution in [0.3, 0.4) is 0 Å². The van der Waals surface area contributed by atoms with E-state index in [4.69, 9.17) is 11.6 Å². The van der Waals surface area contributed by atoms with Gasteiger partial charge in [-0.05, 0) is 35.9 Å². The number of anilines is 2. The second-order valence-electron chi connectivity index (χ2n) is 7.43. The predicted octanol–water partition coefficient (Wildman–Crippen LogP) is 6.47. The molecule has 174 valence electrons. The zero-order valence-corrected chi connectivity index (χ0v) is 17.3. The van der Waals surface area contributed by atoms with E-state index in [-0.39, 0.29) is 23.6 Å². The molecule has 2 atom stereocenters. The Labute approximate surface area is 188 Å². The number of halogens is 7. The van der Waals surface area contributed by atoms with Crippen molar-refractivity contribution in [1.82, 2.24) is 9.78 Å². The number of fused-ring (bicyclic) bond motifs is 1. The summed E-state index contributed by atoms with van der Waals surface area (Å²) in [6.07, 6.45) is -9.65. The molecule has 33 heavy (non-hydrogen) atoms. The van der Waals surface area contributed by atoms with Gasteiger partial charge in [0.05, 0.1) is 11.6 Å². The zero-order valence-electron chi connectivity index (χ0n) is 16.5. The molecule has 0 bridgehead atoms. The number of nitrogens with one attached hydrogen (secondary N) is 2. The summed E-state index contributed by atoms with van der Waals surface area (Å²) in [7, 11) is 0. The van der Waals surface area contributed by atoms with Crippen LogP contribution >= 0.6 is 11.6 Å². The maximum absolute atomic E-state index is 13.8. The fourth-order valence-corrected chi connectivity index (χ4v) is 3.69. The molecule has 2 aromatic carbocycles. The van der Waals surface area contributed by atoms with Crippen LogP contribution in [0.1, 0.15) is 40.1 Å². The number of nitrogens with zero attached hydrogens (tertiary/aromatic N) is 2. The molecule has 2 heterocycles. The van der Waals surface area contributed by atoms with Crippen molar-refractivity contribution in [2.24, 2.45) is 0 Å². The Balaban J connectivity index is 1.62. The quantitative estimate of drug-likeness (QED) is 0.416. The van der Waals surface area contributed by atoms with Crippen LogP contribution in [0.4, 0.5) is 37.8 Å². The summed E-state index contributed by atoms with van der Waals surface area (Å²) >= 11 is 5.85. The second-order valence-corrected chi connectivity index (χ2v) is 7.87. The highest BCUT2D eigenvalue weighted by atomic mass is 35.5. The second kappa shape index (κ2) is 8.29. The van der Waals surface area contributed by atoms with Crippen molar-refractivity contribution in [3.63, 3.8) is 0 Å². The van der Waals surface area contributed by atoms with E-state index in [2.05, 4.69) is 15.7 Å². The molecule has 4 rings (SSSR count). The first-order chi connectivity index (χ1) is 15.4. The minimum Gasteiger partial charge on any atom is -0.363 e. The normalized spacial score (nSPS) is 18.4. The molecule has 2 N–H and O–H groups in total. The first-order valence-electron chi connectivity index (χ1n) is 9.59. The van der Waals surface area contributed by atoms with Gasteiger partial charge in [0, 0.05) is 23.2 Å². The molecule has 0 fully saturated rings. The van der Waals surface area contributed by atoms with E-state index in [0.29, 0.717) is 15.3 Å². The van der Waals surface area contributed by atoms with E-state index in [1.165, 1.54) is 6.07 Å². The van der Waals surface area contributed by atoms with E-state index in [1.54, 1.807) is 24.3 Å². The number of alkyl halides is 6. The number of rotatable bonds is 3. The van der Waals surface area contributed by atoms with Crippen LogP contribution in [-0.4, -0.2) is 21.9 Å². The monoisotopic (exact) mass is 488 g/mol. The van der Waals surface area contributed by atoms with Gasteiger partial charge in [0.2, 0.25) is 0 Å². The number of benzene rings is 2. The first kappa shape index (κ1) is 23.0. The summed E-state index contributed by atoms with van der Waals surface area (Å²) in [5, 5.41) is 9.39. The van der Waals surface area contributed by atoms with Crippen LogP contribution in [0.2, 0.25) is 5.02 Å². The molecule has 1 aliphatic heterocycles. The van der Waals surface area contributed by atoms with Gasteiger partial charge in [-0.1, -0.05) is 29.8 Å². The zero-order chi connectivity index (χ0) is 24.0. The summed E-state index contributed by atoms with van der Waals surface area (Å²) in [5.74, 6) is -0.986. The third kappa shape index (κ3) is 4.92. The van der Waals surface area contributed by atoms with E-state index in [9.17, 15) is 31.1 Å². The van der Waals surface area contributed by atoms with Gasteiger partial charge in [-0.15, -0.1) is 0 Å². The summed E-state index contributed by atoms with van der Waals surface area (Å²) in [6, 6.07) is 8.60. The molecule has 0 aliphatic carbocycles. The largest absolute Gasteiger partial charge is 0.416 e. The summed E-state index contributed by atoms with van der Waals surface area (Å²) in [5.41, 5.74) is -0.953. The van der Waals surface area contributed by atoms with Crippen LogP contribution in [0.5, 0.6) is 0 Å². The Hall–Kier alpha value is -3.21. The molecule has 5 nitrogen and oxygen atoms in total. The fourth-order valence-electron chi connectivity index (χ4n) is 3.57. The lowest BCUT2D eigenvalue weighted by Crippen LogP contribution is -2.35. The molecule has 0 unspecified atom stereocenters. The first-order valence-corrected chi connectivity index (χ1v) is 9.96. The number of carbonyl (C=O) groups is 1. The molecule has 0 saturated carbocycles. The molecular weight excluding hydrogens is 474 g/mol. The van der Waals surface area contributed by atoms with Crippen molar-refractivity contribution in [2.45, 2.75) is 30.9 Å². The molecule has 3 aromatic rings. The van der Waals surface area contributed by atoms with Crippen LogP contribution < -0.4 is 10.6 Å². The average Bonchev–Trinajstić information content (AvgIpc) is 3.17. The third-order valence-electron chi connectivity index (χ3n) is 5.14. The minimum absolute atomic E-state index is 0.0438. The van der Waals surface area contributed by atoms with Crippen molar-refractivity contribution in [3.8, 4) is 0 Å². The van der Waals surface area contributed by atoms with Gasteiger partial charge in [0.1, 0.15) is 5.82 Å². The third-order valence-corrected chi connectivity index (χ3v) is 5.39. The maximum Gasteiger partial charge on any atom is 0.416 e. The van der Waals surface area contributed by atoms with E-state index < -0.39 is 35.9 Å². The van der Waals surface area contributed by atoms with Gasteiger partial charge < -0.3 is 10.6 Å². The van der Waals surface area contributed by atoms with Gasteiger partial charge >= 0.3 is 12.4 Å². The smallest absolute Gasteiger partial charge is 0.363 e. The molecule has 1 aromatic heterocycles. The van der Waals surface area contributed by atoms with Crippen LogP contribution in [0, 0.1) is 0 Å². The van der Waals surface area contributed by atoms with Crippen molar-refractivity contribution in [3.05, 3.63) is 76.4 Å². The molecule has 1 aliphatic rings. The highest BCUT2D eigenvalue weighted by molar-refractivity contribution is 6.30. The van der Waals surface area contributed by atoms with E-state index in [1.807, 2.05) is 0 Å². The van der Waals surface area contributed by atoms with Gasteiger partial charge in [-0.2, -0.15) is 31.4 Å². The van der Waals surface area contributed by atoms with E-state index >= 15 is 0 Å². The van der Waals surface area contributed by atoms with Crippen molar-refractivity contribution < 1.29 is 31.1 Å². The number of carbonyl (C=O) groups excluding carboxylic acids is 1.